The minimum absolute atomic E-state index is 0.0363. The summed E-state index contributed by atoms with van der Waals surface area (Å²) >= 11 is 1.43. The summed E-state index contributed by atoms with van der Waals surface area (Å²) in [5.74, 6) is 0.532. The molecule has 4 aromatic rings. The number of hydrogen-bond acceptors (Lipinski definition) is 5. The first-order chi connectivity index (χ1) is 14.8. The first-order valence-corrected chi connectivity index (χ1v) is 10.6. The highest BCUT2D eigenvalue weighted by molar-refractivity contribution is 7.99. The predicted molar refractivity (Wildman–Crippen MR) is 121 cm³/mol. The molecule has 5 nitrogen and oxygen atoms in total. The fourth-order valence-electron chi connectivity index (χ4n) is 2.94. The summed E-state index contributed by atoms with van der Waals surface area (Å²) in [6, 6.07) is 29.3. The number of carbonyl (C=O) groups excluding carboxylic acids is 1. The zero-order valence-electron chi connectivity index (χ0n) is 16.2. The lowest BCUT2D eigenvalue weighted by molar-refractivity contribution is -0.115. The number of nitrogens with zero attached hydrogens (tertiary/aromatic N) is 3. The molecule has 0 bridgehead atoms. The third-order valence-corrected chi connectivity index (χ3v) is 5.22. The molecule has 148 valence electrons. The van der Waals surface area contributed by atoms with Crippen LogP contribution in [0.2, 0.25) is 0 Å². The topological polar surface area (TPSA) is 67.8 Å². The van der Waals surface area contributed by atoms with Gasteiger partial charge in [-0.1, -0.05) is 90.6 Å². The van der Waals surface area contributed by atoms with Crippen LogP contribution in [0.25, 0.3) is 22.5 Å². The first kappa shape index (κ1) is 19.8. The van der Waals surface area contributed by atoms with Gasteiger partial charge in [-0.25, -0.2) is 4.98 Å². The number of anilines is 1. The van der Waals surface area contributed by atoms with E-state index in [9.17, 15) is 4.79 Å². The molecule has 0 fully saturated rings. The highest BCUT2D eigenvalue weighted by Crippen LogP contribution is 2.29. The van der Waals surface area contributed by atoms with E-state index < -0.39 is 0 Å². The molecule has 0 aliphatic rings. The molecule has 30 heavy (non-hydrogen) atoms. The number of benzene rings is 3. The molecule has 3 aromatic carbocycles. The lowest BCUT2D eigenvalue weighted by Crippen LogP contribution is -2.12. The summed E-state index contributed by atoms with van der Waals surface area (Å²) in [4.78, 5) is 16.9. The zero-order chi connectivity index (χ0) is 20.6. The molecule has 0 atom stereocenters. The molecule has 0 aliphatic heterocycles. The van der Waals surface area contributed by atoms with Crippen molar-refractivity contribution >= 4 is 23.4 Å². The van der Waals surface area contributed by atoms with E-state index in [0.29, 0.717) is 17.3 Å². The van der Waals surface area contributed by atoms with Gasteiger partial charge in [0.25, 0.3) is 0 Å². The van der Waals surface area contributed by atoms with Gasteiger partial charge in [-0.15, -0.1) is 10.2 Å². The van der Waals surface area contributed by atoms with E-state index in [2.05, 4.69) is 15.5 Å². The van der Waals surface area contributed by atoms with Gasteiger partial charge >= 0.3 is 0 Å². The van der Waals surface area contributed by atoms with Gasteiger partial charge in [0, 0.05) is 29.0 Å². The second-order valence-electron chi connectivity index (χ2n) is 6.54. The van der Waals surface area contributed by atoms with Crippen LogP contribution < -0.4 is 5.32 Å². The number of para-hydroxylation sites is 1. The van der Waals surface area contributed by atoms with Crippen LogP contribution in [0.3, 0.4) is 0 Å². The monoisotopic (exact) mass is 412 g/mol. The Morgan fingerprint density at radius 1 is 0.733 bits per heavy atom. The molecular formula is C24H20N4OS. The van der Waals surface area contributed by atoms with Crippen molar-refractivity contribution in [2.45, 2.75) is 11.6 Å². The quantitative estimate of drug-likeness (QED) is 0.416. The minimum Gasteiger partial charge on any atom is -0.326 e. The Kier molecular flexibility index (Phi) is 6.47. The maximum absolute atomic E-state index is 12.1. The molecule has 1 amide bonds. The fourth-order valence-corrected chi connectivity index (χ4v) is 3.66. The molecule has 0 radical (unpaired) electrons. The molecule has 0 aliphatic carbocycles. The van der Waals surface area contributed by atoms with Crippen molar-refractivity contribution in [1.29, 1.82) is 0 Å². The third kappa shape index (κ3) is 5.10. The van der Waals surface area contributed by atoms with Gasteiger partial charge in [-0.3, -0.25) is 4.79 Å². The van der Waals surface area contributed by atoms with E-state index in [1.54, 1.807) is 0 Å². The maximum atomic E-state index is 12.1. The maximum Gasteiger partial charge on any atom is 0.225 e. The number of thioether (sulfide) groups is 1. The Morgan fingerprint density at radius 3 is 1.93 bits per heavy atom. The molecule has 0 spiro atoms. The van der Waals surface area contributed by atoms with Crippen LogP contribution in [0, 0.1) is 0 Å². The van der Waals surface area contributed by atoms with E-state index in [1.165, 1.54) is 11.8 Å². The number of carbonyl (C=O) groups is 1. The Hall–Kier alpha value is -3.51. The predicted octanol–water partition coefficient (Wildman–Crippen LogP) is 5.33. The largest absolute Gasteiger partial charge is 0.326 e. The van der Waals surface area contributed by atoms with Crippen molar-refractivity contribution in [2.24, 2.45) is 0 Å². The number of aromatic nitrogens is 3. The number of amides is 1. The smallest absolute Gasteiger partial charge is 0.225 e. The molecule has 0 saturated heterocycles. The van der Waals surface area contributed by atoms with E-state index in [0.717, 1.165) is 28.2 Å². The number of rotatable bonds is 7. The molecule has 4 rings (SSSR count). The van der Waals surface area contributed by atoms with E-state index in [1.807, 2.05) is 91.0 Å². The van der Waals surface area contributed by atoms with E-state index in [4.69, 9.17) is 4.98 Å². The van der Waals surface area contributed by atoms with Gasteiger partial charge in [-0.2, -0.15) is 0 Å². The average Bonchev–Trinajstić information content (AvgIpc) is 2.81. The molecule has 0 unspecified atom stereocenters. The van der Waals surface area contributed by atoms with Crippen molar-refractivity contribution in [1.82, 2.24) is 15.2 Å². The van der Waals surface area contributed by atoms with Crippen LogP contribution in [0.1, 0.15) is 6.42 Å². The molecule has 0 saturated carbocycles. The summed E-state index contributed by atoms with van der Waals surface area (Å²) in [6.45, 7) is 0. The van der Waals surface area contributed by atoms with Gasteiger partial charge in [0.05, 0.1) is 0 Å². The Bertz CT molecular complexity index is 1110. The van der Waals surface area contributed by atoms with Gasteiger partial charge in [0.1, 0.15) is 11.4 Å². The summed E-state index contributed by atoms with van der Waals surface area (Å²) in [5.41, 5.74) is 4.27. The van der Waals surface area contributed by atoms with Crippen molar-refractivity contribution in [3.05, 3.63) is 91.0 Å². The van der Waals surface area contributed by atoms with Crippen molar-refractivity contribution in [3.8, 4) is 22.5 Å². The molecule has 1 aromatic heterocycles. The Balaban J connectivity index is 1.48. The van der Waals surface area contributed by atoms with E-state index in [-0.39, 0.29) is 5.91 Å². The van der Waals surface area contributed by atoms with Gasteiger partial charge < -0.3 is 5.32 Å². The van der Waals surface area contributed by atoms with Crippen LogP contribution in [-0.2, 0) is 4.79 Å². The molecule has 1 heterocycles. The van der Waals surface area contributed by atoms with Crippen LogP contribution >= 0.6 is 11.8 Å². The number of hydrogen-bond donors (Lipinski definition) is 1. The minimum atomic E-state index is -0.0363. The third-order valence-electron chi connectivity index (χ3n) is 4.38. The Morgan fingerprint density at radius 2 is 1.30 bits per heavy atom. The van der Waals surface area contributed by atoms with Crippen LogP contribution in [0.15, 0.2) is 96.2 Å². The van der Waals surface area contributed by atoms with Crippen LogP contribution in [0.5, 0.6) is 0 Å². The SMILES string of the molecule is O=C(CCSc1nnc(-c2ccccc2)c(-c2ccccc2)n1)Nc1ccccc1. The lowest BCUT2D eigenvalue weighted by atomic mass is 10.0. The van der Waals surface area contributed by atoms with Crippen molar-refractivity contribution in [3.63, 3.8) is 0 Å². The van der Waals surface area contributed by atoms with Crippen molar-refractivity contribution in [2.75, 3.05) is 11.1 Å². The average molecular weight is 413 g/mol. The normalized spacial score (nSPS) is 10.5. The summed E-state index contributed by atoms with van der Waals surface area (Å²) in [6.07, 6.45) is 0.365. The highest BCUT2D eigenvalue weighted by Gasteiger charge is 2.14. The summed E-state index contributed by atoms with van der Waals surface area (Å²) in [7, 11) is 0. The van der Waals surface area contributed by atoms with Gasteiger partial charge in [0.15, 0.2) is 0 Å². The summed E-state index contributed by atoms with van der Waals surface area (Å²) < 4.78 is 0. The molecule has 6 heteroatoms. The lowest BCUT2D eigenvalue weighted by Gasteiger charge is -2.09. The Labute approximate surface area is 179 Å². The zero-order valence-corrected chi connectivity index (χ0v) is 17.0. The molecule has 1 N–H and O–H groups in total. The first-order valence-electron chi connectivity index (χ1n) is 9.63. The standard InChI is InChI=1S/C24H20N4OS/c29-21(25-20-14-8-3-9-15-20)16-17-30-24-26-22(18-10-4-1-5-11-18)23(27-28-24)19-12-6-2-7-13-19/h1-15H,16-17H2,(H,25,29). The summed E-state index contributed by atoms with van der Waals surface area (Å²) in [5, 5.41) is 12.2. The second-order valence-corrected chi connectivity index (χ2v) is 7.60. The fraction of sp³-hybridized carbons (Fsp3) is 0.0833. The van der Waals surface area contributed by atoms with E-state index >= 15 is 0 Å². The molecular weight excluding hydrogens is 392 g/mol. The second kappa shape index (κ2) is 9.80. The number of nitrogens with one attached hydrogen (secondary N) is 1. The highest BCUT2D eigenvalue weighted by atomic mass is 32.2. The van der Waals surface area contributed by atoms with Gasteiger partial charge in [-0.05, 0) is 12.1 Å². The van der Waals surface area contributed by atoms with Crippen molar-refractivity contribution < 1.29 is 4.79 Å². The van der Waals surface area contributed by atoms with Crippen LogP contribution in [-0.4, -0.2) is 26.8 Å². The van der Waals surface area contributed by atoms with Crippen LogP contribution in [0.4, 0.5) is 5.69 Å². The van der Waals surface area contributed by atoms with Gasteiger partial charge in [0.2, 0.25) is 11.1 Å².